The van der Waals surface area contributed by atoms with Gasteiger partial charge in [-0.15, -0.1) is 0 Å². The molecule has 1 fully saturated rings. The van der Waals surface area contributed by atoms with Gasteiger partial charge in [0, 0.05) is 40.6 Å². The molecule has 2 N–H and O–H groups in total. The van der Waals surface area contributed by atoms with E-state index in [1.54, 1.807) is 0 Å². The zero-order valence-electron chi connectivity index (χ0n) is 14.1. The molecule has 1 saturated heterocycles. The number of rotatable bonds is 4. The van der Waals surface area contributed by atoms with Gasteiger partial charge in [0.15, 0.2) is 0 Å². The largest absolute Gasteiger partial charge is 0.444 e. The minimum Gasteiger partial charge on any atom is -0.444 e. The van der Waals surface area contributed by atoms with Gasteiger partial charge in [-0.05, 0) is 51.3 Å². The molecule has 23 heavy (non-hydrogen) atoms. The topological polar surface area (TPSA) is 67.4 Å². The van der Waals surface area contributed by atoms with Crippen molar-refractivity contribution in [2.75, 3.05) is 16.8 Å². The number of amides is 1. The van der Waals surface area contributed by atoms with E-state index in [-0.39, 0.29) is 0 Å². The van der Waals surface area contributed by atoms with Crippen LogP contribution < -0.4 is 10.6 Å². The van der Waals surface area contributed by atoms with Crippen LogP contribution in [0.15, 0.2) is 24.3 Å². The first-order valence-corrected chi connectivity index (χ1v) is 9.48. The van der Waals surface area contributed by atoms with Gasteiger partial charge in [0.05, 0.1) is 0 Å². The zero-order chi connectivity index (χ0) is 16.9. The van der Waals surface area contributed by atoms with Crippen LogP contribution in [0, 0.1) is 0 Å². The number of benzene rings is 1. The SMILES string of the molecule is CC(C)(C)OC(=O)NCc1cccc(NC2CCS(=O)CC2)c1. The average molecular weight is 338 g/mol. The van der Waals surface area contributed by atoms with Crippen molar-refractivity contribution in [3.05, 3.63) is 29.8 Å². The highest BCUT2D eigenvalue weighted by Crippen LogP contribution is 2.17. The lowest BCUT2D eigenvalue weighted by Crippen LogP contribution is -2.32. The summed E-state index contributed by atoms with van der Waals surface area (Å²) in [6.45, 7) is 5.95. The number of alkyl carbamates (subject to hydrolysis) is 1. The lowest BCUT2D eigenvalue weighted by molar-refractivity contribution is 0.0523. The number of anilines is 1. The number of carbonyl (C=O) groups excluding carboxylic acids is 1. The third kappa shape index (κ3) is 6.60. The molecule has 1 heterocycles. The van der Waals surface area contributed by atoms with Crippen molar-refractivity contribution in [2.24, 2.45) is 0 Å². The Morgan fingerprint density at radius 2 is 2.00 bits per heavy atom. The summed E-state index contributed by atoms with van der Waals surface area (Å²) in [7, 11) is -0.642. The van der Waals surface area contributed by atoms with Gasteiger partial charge in [0.1, 0.15) is 5.60 Å². The summed E-state index contributed by atoms with van der Waals surface area (Å²) in [4.78, 5) is 11.7. The molecule has 1 aliphatic rings. The van der Waals surface area contributed by atoms with Crippen molar-refractivity contribution in [3.8, 4) is 0 Å². The molecule has 0 unspecified atom stereocenters. The van der Waals surface area contributed by atoms with E-state index in [1.807, 2.05) is 45.0 Å². The Hall–Kier alpha value is -1.56. The monoisotopic (exact) mass is 338 g/mol. The lowest BCUT2D eigenvalue weighted by Gasteiger charge is -2.24. The van der Waals surface area contributed by atoms with Crippen LogP contribution in [0.2, 0.25) is 0 Å². The van der Waals surface area contributed by atoms with Crippen molar-refractivity contribution < 1.29 is 13.7 Å². The predicted molar refractivity (Wildman–Crippen MR) is 94.0 cm³/mol. The van der Waals surface area contributed by atoms with Gasteiger partial charge in [-0.25, -0.2) is 4.79 Å². The summed E-state index contributed by atoms with van der Waals surface area (Å²) in [5.41, 5.74) is 1.56. The third-order valence-corrected chi connectivity index (χ3v) is 4.90. The van der Waals surface area contributed by atoms with Crippen LogP contribution in [0.25, 0.3) is 0 Å². The second kappa shape index (κ2) is 7.81. The smallest absolute Gasteiger partial charge is 0.407 e. The molecule has 1 aromatic carbocycles. The number of carbonyl (C=O) groups is 1. The Kier molecular flexibility index (Phi) is 6.04. The Balaban J connectivity index is 1.85. The molecule has 0 bridgehead atoms. The third-order valence-electron chi connectivity index (χ3n) is 3.52. The number of ether oxygens (including phenoxy) is 1. The molecule has 1 aliphatic heterocycles. The van der Waals surface area contributed by atoms with E-state index in [2.05, 4.69) is 10.6 Å². The minimum absolute atomic E-state index is 0.377. The summed E-state index contributed by atoms with van der Waals surface area (Å²) < 4.78 is 16.6. The minimum atomic E-state index is -0.642. The summed E-state index contributed by atoms with van der Waals surface area (Å²) in [6, 6.07) is 8.36. The summed E-state index contributed by atoms with van der Waals surface area (Å²) >= 11 is 0. The van der Waals surface area contributed by atoms with E-state index >= 15 is 0 Å². The molecule has 0 radical (unpaired) electrons. The van der Waals surface area contributed by atoms with Crippen molar-refractivity contribution >= 4 is 22.6 Å². The normalized spacial score (nSPS) is 21.5. The first-order chi connectivity index (χ1) is 10.8. The van der Waals surface area contributed by atoms with E-state index in [0.717, 1.165) is 35.6 Å². The predicted octanol–water partition coefficient (Wildman–Crippen LogP) is 3.03. The fraction of sp³-hybridized carbons (Fsp3) is 0.588. The maximum Gasteiger partial charge on any atom is 0.407 e. The summed E-state index contributed by atoms with van der Waals surface area (Å²) in [6.07, 6.45) is 1.46. The first kappa shape index (κ1) is 17.8. The molecule has 0 spiro atoms. The van der Waals surface area contributed by atoms with Crippen LogP contribution in [0.5, 0.6) is 0 Å². The van der Waals surface area contributed by atoms with Gasteiger partial charge in [0.25, 0.3) is 0 Å². The van der Waals surface area contributed by atoms with Crippen LogP contribution in [-0.2, 0) is 22.1 Å². The maximum absolute atomic E-state index is 11.7. The molecule has 1 amide bonds. The summed E-state index contributed by atoms with van der Waals surface area (Å²) in [5, 5.41) is 6.25. The Labute approximate surface area is 140 Å². The second-order valence-corrected chi connectivity index (χ2v) is 8.52. The van der Waals surface area contributed by atoms with Gasteiger partial charge in [-0.2, -0.15) is 0 Å². The zero-order valence-corrected chi connectivity index (χ0v) is 14.9. The van der Waals surface area contributed by atoms with E-state index < -0.39 is 22.5 Å². The number of hydrogen-bond donors (Lipinski definition) is 2. The van der Waals surface area contributed by atoms with Gasteiger partial charge >= 0.3 is 6.09 Å². The fourth-order valence-electron chi connectivity index (χ4n) is 2.43. The van der Waals surface area contributed by atoms with E-state index in [4.69, 9.17) is 4.74 Å². The second-order valence-electron chi connectivity index (χ2n) is 6.82. The molecular formula is C17H26N2O3S. The Morgan fingerprint density at radius 1 is 1.30 bits per heavy atom. The van der Waals surface area contributed by atoms with Crippen molar-refractivity contribution in [2.45, 2.75) is 51.8 Å². The molecule has 128 valence electrons. The number of hydrogen-bond acceptors (Lipinski definition) is 4. The van der Waals surface area contributed by atoms with Crippen LogP contribution in [0.3, 0.4) is 0 Å². The van der Waals surface area contributed by atoms with Gasteiger partial charge in [-0.3, -0.25) is 4.21 Å². The molecule has 2 rings (SSSR count). The van der Waals surface area contributed by atoms with Gasteiger partial charge in [0.2, 0.25) is 0 Å². The average Bonchev–Trinajstić information content (AvgIpc) is 2.46. The molecule has 0 atom stereocenters. The Morgan fingerprint density at radius 3 is 2.65 bits per heavy atom. The highest BCUT2D eigenvalue weighted by atomic mass is 32.2. The van der Waals surface area contributed by atoms with Crippen LogP contribution >= 0.6 is 0 Å². The molecule has 5 nitrogen and oxygen atoms in total. The van der Waals surface area contributed by atoms with Gasteiger partial charge in [-0.1, -0.05) is 12.1 Å². The summed E-state index contributed by atoms with van der Waals surface area (Å²) in [5.74, 6) is 1.55. The highest BCUT2D eigenvalue weighted by molar-refractivity contribution is 7.85. The lowest BCUT2D eigenvalue weighted by atomic mass is 10.1. The van der Waals surface area contributed by atoms with Crippen LogP contribution in [-0.4, -0.2) is 33.5 Å². The van der Waals surface area contributed by atoms with Crippen molar-refractivity contribution in [1.82, 2.24) is 5.32 Å². The van der Waals surface area contributed by atoms with Crippen molar-refractivity contribution in [1.29, 1.82) is 0 Å². The molecule has 0 aromatic heterocycles. The van der Waals surface area contributed by atoms with E-state index in [0.29, 0.717) is 12.6 Å². The first-order valence-electron chi connectivity index (χ1n) is 7.99. The molecule has 0 saturated carbocycles. The standard InChI is InChI=1S/C17H26N2O3S/c1-17(2,3)22-16(20)18-12-13-5-4-6-15(11-13)19-14-7-9-23(21)10-8-14/h4-6,11,14,19H,7-10,12H2,1-3H3,(H,18,20). The van der Waals surface area contributed by atoms with E-state index in [9.17, 15) is 9.00 Å². The molecule has 0 aliphatic carbocycles. The maximum atomic E-state index is 11.7. The van der Waals surface area contributed by atoms with Gasteiger partial charge < -0.3 is 15.4 Å². The molecule has 6 heteroatoms. The van der Waals surface area contributed by atoms with Crippen LogP contribution in [0.4, 0.5) is 10.5 Å². The molecule has 1 aromatic rings. The molecular weight excluding hydrogens is 312 g/mol. The van der Waals surface area contributed by atoms with Crippen LogP contribution in [0.1, 0.15) is 39.2 Å². The fourth-order valence-corrected chi connectivity index (χ4v) is 3.73. The van der Waals surface area contributed by atoms with Crippen molar-refractivity contribution in [3.63, 3.8) is 0 Å². The quantitative estimate of drug-likeness (QED) is 0.885. The number of nitrogens with one attached hydrogen (secondary N) is 2. The van der Waals surface area contributed by atoms with E-state index in [1.165, 1.54) is 0 Å². The Bertz CT molecular complexity index is 559. The highest BCUT2D eigenvalue weighted by Gasteiger charge is 2.18.